The number of hydrogen-bond acceptors (Lipinski definition) is 4. The number of ketones is 1. The van der Waals surface area contributed by atoms with Crippen LogP contribution >= 0.6 is 11.8 Å². The minimum Gasteiger partial charge on any atom is -0.394 e. The van der Waals surface area contributed by atoms with Crippen molar-refractivity contribution >= 4 is 17.5 Å². The first-order valence-corrected chi connectivity index (χ1v) is 7.38. The number of fused-ring (bicyclic) bond motifs is 1. The van der Waals surface area contributed by atoms with E-state index in [0.29, 0.717) is 11.5 Å². The molecule has 2 N–H and O–H groups in total. The predicted octanol–water partition coefficient (Wildman–Crippen LogP) is 1.44. The zero-order valence-corrected chi connectivity index (χ0v) is 11.1. The lowest BCUT2D eigenvalue weighted by Gasteiger charge is -2.07. The van der Waals surface area contributed by atoms with Crippen molar-refractivity contribution in [3.05, 3.63) is 34.9 Å². The first-order chi connectivity index (χ1) is 8.70. The molecular weight excluding hydrogens is 248 g/mol. The molecule has 0 spiro atoms. The Labute approximate surface area is 111 Å². The maximum Gasteiger partial charge on any atom is 0.172 e. The van der Waals surface area contributed by atoms with Gasteiger partial charge in [0.15, 0.2) is 5.78 Å². The van der Waals surface area contributed by atoms with Gasteiger partial charge in [0.1, 0.15) is 0 Å². The van der Waals surface area contributed by atoms with E-state index in [2.05, 4.69) is 6.07 Å². The molecular formula is C14H18O3S. The minimum atomic E-state index is -0.733. The van der Waals surface area contributed by atoms with Gasteiger partial charge in [-0.15, -0.1) is 0 Å². The number of aliphatic hydroxyl groups excluding tert-OH is 2. The molecule has 0 saturated carbocycles. The van der Waals surface area contributed by atoms with E-state index in [1.165, 1.54) is 29.3 Å². The molecule has 4 heteroatoms. The number of aryl methyl sites for hydroxylation is 2. The van der Waals surface area contributed by atoms with Gasteiger partial charge >= 0.3 is 0 Å². The molecule has 0 fully saturated rings. The molecule has 0 bridgehead atoms. The lowest BCUT2D eigenvalue weighted by atomic mass is 10.0. The molecule has 1 atom stereocenters. The summed E-state index contributed by atoms with van der Waals surface area (Å²) in [5.41, 5.74) is 3.44. The number of aliphatic hydroxyl groups is 2. The molecule has 98 valence electrons. The summed E-state index contributed by atoms with van der Waals surface area (Å²) in [6.45, 7) is -0.250. The van der Waals surface area contributed by atoms with E-state index in [4.69, 9.17) is 5.11 Å². The molecule has 18 heavy (non-hydrogen) atoms. The van der Waals surface area contributed by atoms with Crippen LogP contribution in [0.15, 0.2) is 18.2 Å². The second kappa shape index (κ2) is 6.36. The fourth-order valence-electron chi connectivity index (χ4n) is 2.17. The fraction of sp³-hybridized carbons (Fsp3) is 0.500. The van der Waals surface area contributed by atoms with E-state index in [1.807, 2.05) is 12.1 Å². The van der Waals surface area contributed by atoms with Gasteiger partial charge in [-0.05, 0) is 36.5 Å². The Bertz CT molecular complexity index is 431. The zero-order chi connectivity index (χ0) is 13.0. The van der Waals surface area contributed by atoms with Crippen LogP contribution in [0.4, 0.5) is 0 Å². The van der Waals surface area contributed by atoms with Crippen molar-refractivity contribution in [2.75, 3.05) is 18.1 Å². The highest BCUT2D eigenvalue weighted by molar-refractivity contribution is 8.00. The van der Waals surface area contributed by atoms with Gasteiger partial charge in [0.25, 0.3) is 0 Å². The highest BCUT2D eigenvalue weighted by Gasteiger charge is 2.14. The molecule has 1 aromatic carbocycles. The van der Waals surface area contributed by atoms with Crippen LogP contribution in [0.1, 0.15) is 27.9 Å². The summed E-state index contributed by atoms with van der Waals surface area (Å²) in [5.74, 6) is 0.850. The van der Waals surface area contributed by atoms with Crippen LogP contribution in [-0.4, -0.2) is 40.2 Å². The zero-order valence-electron chi connectivity index (χ0n) is 10.3. The smallest absolute Gasteiger partial charge is 0.172 e. The first-order valence-electron chi connectivity index (χ1n) is 6.22. The molecule has 0 heterocycles. The Morgan fingerprint density at radius 1 is 1.33 bits per heavy atom. The summed E-state index contributed by atoms with van der Waals surface area (Å²) in [4.78, 5) is 11.9. The first kappa shape index (κ1) is 13.6. The maximum absolute atomic E-state index is 11.9. The lowest BCUT2D eigenvalue weighted by molar-refractivity contribution is 0.102. The number of thioether (sulfide) groups is 1. The van der Waals surface area contributed by atoms with Crippen molar-refractivity contribution < 1.29 is 15.0 Å². The number of carbonyl (C=O) groups is 1. The van der Waals surface area contributed by atoms with Gasteiger partial charge in [0.2, 0.25) is 0 Å². The van der Waals surface area contributed by atoms with Crippen molar-refractivity contribution in [2.24, 2.45) is 0 Å². The number of Topliss-reactive ketones (excluding diaryl/α,β-unsaturated/α-hetero) is 1. The Hall–Kier alpha value is -0.840. The SMILES string of the molecule is O=C(CSCC(O)CO)c1ccc2c(c1)CCC2. The molecule has 0 saturated heterocycles. The molecule has 1 aromatic rings. The van der Waals surface area contributed by atoms with E-state index in [9.17, 15) is 9.90 Å². The van der Waals surface area contributed by atoms with Gasteiger partial charge in [-0.1, -0.05) is 12.1 Å². The predicted molar refractivity (Wildman–Crippen MR) is 73.2 cm³/mol. The molecule has 0 aliphatic heterocycles. The Morgan fingerprint density at radius 2 is 2.11 bits per heavy atom. The van der Waals surface area contributed by atoms with Crippen molar-refractivity contribution in [2.45, 2.75) is 25.4 Å². The summed E-state index contributed by atoms with van der Waals surface area (Å²) in [7, 11) is 0. The van der Waals surface area contributed by atoms with Crippen LogP contribution in [0.3, 0.4) is 0 Å². The van der Waals surface area contributed by atoms with Crippen LogP contribution in [0.25, 0.3) is 0 Å². The normalized spacial score (nSPS) is 15.4. The topological polar surface area (TPSA) is 57.5 Å². The third-order valence-electron chi connectivity index (χ3n) is 3.17. The average molecular weight is 266 g/mol. The summed E-state index contributed by atoms with van der Waals surface area (Å²) in [6, 6.07) is 5.96. The van der Waals surface area contributed by atoms with E-state index >= 15 is 0 Å². The monoisotopic (exact) mass is 266 g/mol. The highest BCUT2D eigenvalue weighted by atomic mass is 32.2. The minimum absolute atomic E-state index is 0.0971. The number of rotatable bonds is 6. The van der Waals surface area contributed by atoms with Crippen LogP contribution in [0.2, 0.25) is 0 Å². The van der Waals surface area contributed by atoms with Gasteiger partial charge in [-0.25, -0.2) is 0 Å². The van der Waals surface area contributed by atoms with Gasteiger partial charge < -0.3 is 10.2 Å². The highest BCUT2D eigenvalue weighted by Crippen LogP contribution is 2.23. The summed E-state index contributed by atoms with van der Waals surface area (Å²) in [5, 5.41) is 17.9. The second-order valence-electron chi connectivity index (χ2n) is 4.61. The fourth-order valence-corrected chi connectivity index (χ4v) is 3.02. The number of hydrogen-bond donors (Lipinski definition) is 2. The van der Waals surface area contributed by atoms with Crippen LogP contribution in [0, 0.1) is 0 Å². The lowest BCUT2D eigenvalue weighted by Crippen LogP contribution is -2.16. The standard InChI is InChI=1S/C14H18O3S/c15-7-13(16)8-18-9-14(17)12-5-4-10-2-1-3-11(10)6-12/h4-6,13,15-16H,1-3,7-9H2. The summed E-state index contributed by atoms with van der Waals surface area (Å²) in [6.07, 6.45) is 2.65. The van der Waals surface area contributed by atoms with Crippen LogP contribution in [-0.2, 0) is 12.8 Å². The van der Waals surface area contributed by atoms with Crippen molar-refractivity contribution in [1.82, 2.24) is 0 Å². The molecule has 1 aliphatic carbocycles. The van der Waals surface area contributed by atoms with Gasteiger partial charge in [0.05, 0.1) is 18.5 Å². The summed E-state index contributed by atoms with van der Waals surface area (Å²) >= 11 is 1.36. The van der Waals surface area contributed by atoms with Gasteiger partial charge in [0, 0.05) is 11.3 Å². The van der Waals surface area contributed by atoms with Crippen LogP contribution in [0.5, 0.6) is 0 Å². The molecule has 1 aliphatic rings. The third-order valence-corrected chi connectivity index (χ3v) is 4.26. The largest absolute Gasteiger partial charge is 0.394 e. The molecule has 2 rings (SSSR count). The van der Waals surface area contributed by atoms with Crippen molar-refractivity contribution in [1.29, 1.82) is 0 Å². The number of benzene rings is 1. The second-order valence-corrected chi connectivity index (χ2v) is 5.64. The van der Waals surface area contributed by atoms with Gasteiger partial charge in [-0.2, -0.15) is 11.8 Å². The van der Waals surface area contributed by atoms with Crippen LogP contribution < -0.4 is 0 Å². The Morgan fingerprint density at radius 3 is 2.89 bits per heavy atom. The third kappa shape index (κ3) is 3.34. The van der Waals surface area contributed by atoms with Crippen molar-refractivity contribution in [3.63, 3.8) is 0 Å². The van der Waals surface area contributed by atoms with Crippen molar-refractivity contribution in [3.8, 4) is 0 Å². The van der Waals surface area contributed by atoms with Gasteiger partial charge in [-0.3, -0.25) is 4.79 Å². The van der Waals surface area contributed by atoms with E-state index in [1.54, 1.807) is 0 Å². The number of carbonyl (C=O) groups excluding carboxylic acids is 1. The summed E-state index contributed by atoms with van der Waals surface area (Å²) < 4.78 is 0. The molecule has 3 nitrogen and oxygen atoms in total. The quantitative estimate of drug-likeness (QED) is 0.765. The van der Waals surface area contributed by atoms with E-state index in [-0.39, 0.29) is 12.4 Å². The van der Waals surface area contributed by atoms with E-state index < -0.39 is 6.10 Å². The maximum atomic E-state index is 11.9. The molecule has 0 amide bonds. The average Bonchev–Trinajstić information content (AvgIpc) is 2.85. The Kier molecular flexibility index (Phi) is 4.80. The molecule has 0 aromatic heterocycles. The van der Waals surface area contributed by atoms with E-state index in [0.717, 1.165) is 18.4 Å². The molecule has 0 radical (unpaired) electrons. The Balaban J connectivity index is 1.89. The molecule has 1 unspecified atom stereocenters.